The molecule has 2 rings (SSSR count). The number of carbonyl (C=O) groups is 2. The number of anilines is 1. The van der Waals surface area contributed by atoms with Crippen LogP contribution in [0, 0.1) is 5.82 Å². The topological polar surface area (TPSA) is 49.4 Å². The Morgan fingerprint density at radius 2 is 2.05 bits per heavy atom. The van der Waals surface area contributed by atoms with E-state index in [1.54, 1.807) is 12.1 Å². The Morgan fingerprint density at radius 3 is 2.65 bits per heavy atom. The van der Waals surface area contributed by atoms with E-state index in [1.165, 1.54) is 17.0 Å². The van der Waals surface area contributed by atoms with E-state index in [1.807, 2.05) is 13.8 Å². The molecule has 1 atom stereocenters. The minimum Gasteiger partial charge on any atom is -0.373 e. The van der Waals surface area contributed by atoms with Gasteiger partial charge in [-0.05, 0) is 31.0 Å². The Morgan fingerprint density at radius 1 is 1.35 bits per heavy atom. The number of imide groups is 1. The van der Waals surface area contributed by atoms with Crippen LogP contribution in [0.1, 0.15) is 33.1 Å². The summed E-state index contributed by atoms with van der Waals surface area (Å²) in [6.07, 6.45) is 1.63. The van der Waals surface area contributed by atoms with Crippen LogP contribution in [0.3, 0.4) is 0 Å². The van der Waals surface area contributed by atoms with E-state index in [2.05, 4.69) is 5.32 Å². The van der Waals surface area contributed by atoms with E-state index < -0.39 is 6.04 Å². The fourth-order valence-corrected chi connectivity index (χ4v) is 2.58. The average Bonchev–Trinajstić information content (AvgIpc) is 2.68. The van der Waals surface area contributed by atoms with E-state index >= 15 is 0 Å². The molecule has 1 saturated heterocycles. The van der Waals surface area contributed by atoms with Gasteiger partial charge in [0, 0.05) is 11.7 Å². The highest BCUT2D eigenvalue weighted by molar-refractivity contribution is 6.07. The van der Waals surface area contributed by atoms with Gasteiger partial charge in [0.05, 0.1) is 6.42 Å². The van der Waals surface area contributed by atoms with Gasteiger partial charge in [-0.15, -0.1) is 0 Å². The predicted molar refractivity (Wildman–Crippen MR) is 74.7 cm³/mol. The lowest BCUT2D eigenvalue weighted by Gasteiger charge is -2.24. The van der Waals surface area contributed by atoms with Crippen LogP contribution >= 0.6 is 0 Å². The molecule has 1 heterocycles. The Bertz CT molecular complexity index is 514. The van der Waals surface area contributed by atoms with E-state index in [4.69, 9.17) is 0 Å². The van der Waals surface area contributed by atoms with Crippen LogP contribution in [0.25, 0.3) is 0 Å². The van der Waals surface area contributed by atoms with Crippen LogP contribution in [0.15, 0.2) is 24.3 Å². The summed E-state index contributed by atoms with van der Waals surface area (Å²) in [4.78, 5) is 25.7. The number of rotatable bonds is 5. The second kappa shape index (κ2) is 6.03. The summed E-state index contributed by atoms with van der Waals surface area (Å²) in [5, 5.41) is 2.94. The summed E-state index contributed by atoms with van der Waals surface area (Å²) in [5.41, 5.74) is 0.516. The number of carbonyl (C=O) groups excluding carboxylic acids is 2. The van der Waals surface area contributed by atoms with E-state index in [0.29, 0.717) is 5.69 Å². The minimum atomic E-state index is -0.593. The molecule has 0 radical (unpaired) electrons. The number of hydrogen-bond donors (Lipinski definition) is 1. The highest BCUT2D eigenvalue weighted by Gasteiger charge is 2.41. The summed E-state index contributed by atoms with van der Waals surface area (Å²) < 4.78 is 13.1. The second-order valence-electron chi connectivity index (χ2n) is 4.98. The molecule has 108 valence electrons. The quantitative estimate of drug-likeness (QED) is 0.842. The normalized spacial score (nSPS) is 19.0. The summed E-state index contributed by atoms with van der Waals surface area (Å²) in [5.74, 6) is -0.741. The molecule has 1 unspecified atom stereocenters. The van der Waals surface area contributed by atoms with Crippen molar-refractivity contribution in [3.8, 4) is 0 Å². The van der Waals surface area contributed by atoms with Gasteiger partial charge >= 0.3 is 0 Å². The monoisotopic (exact) mass is 278 g/mol. The third kappa shape index (κ3) is 2.81. The van der Waals surface area contributed by atoms with Gasteiger partial charge in [0.1, 0.15) is 11.9 Å². The molecule has 0 aliphatic carbocycles. The van der Waals surface area contributed by atoms with Crippen molar-refractivity contribution in [3.05, 3.63) is 30.1 Å². The molecule has 1 aromatic rings. The fraction of sp³-hybridized carbons (Fsp3) is 0.467. The van der Waals surface area contributed by atoms with Crippen molar-refractivity contribution in [2.45, 2.75) is 45.2 Å². The number of nitrogens with one attached hydrogen (secondary N) is 1. The van der Waals surface area contributed by atoms with Gasteiger partial charge in [-0.2, -0.15) is 0 Å². The molecule has 4 nitrogen and oxygen atoms in total. The Labute approximate surface area is 118 Å². The average molecular weight is 278 g/mol. The number of benzene rings is 1. The number of halogens is 1. The summed E-state index contributed by atoms with van der Waals surface area (Å²) in [6.45, 7) is 3.92. The largest absolute Gasteiger partial charge is 0.373 e. The van der Waals surface area contributed by atoms with Crippen LogP contribution < -0.4 is 5.32 Å². The zero-order valence-electron chi connectivity index (χ0n) is 11.7. The van der Waals surface area contributed by atoms with Crippen molar-refractivity contribution >= 4 is 17.5 Å². The zero-order valence-corrected chi connectivity index (χ0v) is 11.7. The smallest absolute Gasteiger partial charge is 0.252 e. The SMILES string of the molecule is CCC(CC)N1C(=O)CC(Nc2cccc(F)c2)C1=O. The van der Waals surface area contributed by atoms with E-state index in [9.17, 15) is 14.0 Å². The zero-order chi connectivity index (χ0) is 14.7. The molecule has 5 heteroatoms. The molecular formula is C15H19FN2O2. The molecule has 1 aliphatic rings. The first-order valence-corrected chi connectivity index (χ1v) is 6.94. The maximum atomic E-state index is 13.1. The van der Waals surface area contributed by atoms with Gasteiger partial charge in [-0.3, -0.25) is 14.5 Å². The van der Waals surface area contributed by atoms with Gasteiger partial charge in [-0.25, -0.2) is 4.39 Å². The predicted octanol–water partition coefficient (Wildman–Crippen LogP) is 2.55. The fourth-order valence-electron chi connectivity index (χ4n) is 2.58. The Hall–Kier alpha value is -1.91. The van der Waals surface area contributed by atoms with Crippen molar-refractivity contribution < 1.29 is 14.0 Å². The van der Waals surface area contributed by atoms with Gasteiger partial charge < -0.3 is 5.32 Å². The number of hydrogen-bond acceptors (Lipinski definition) is 3. The van der Waals surface area contributed by atoms with Crippen molar-refractivity contribution in [3.63, 3.8) is 0 Å². The highest BCUT2D eigenvalue weighted by Crippen LogP contribution is 2.23. The third-order valence-electron chi connectivity index (χ3n) is 3.66. The van der Waals surface area contributed by atoms with E-state index in [-0.39, 0.29) is 30.1 Å². The first-order chi connectivity index (χ1) is 9.56. The van der Waals surface area contributed by atoms with Crippen LogP contribution in [-0.4, -0.2) is 28.8 Å². The van der Waals surface area contributed by atoms with Gasteiger partial charge in [0.15, 0.2) is 0 Å². The third-order valence-corrected chi connectivity index (χ3v) is 3.66. The van der Waals surface area contributed by atoms with Crippen LogP contribution in [0.5, 0.6) is 0 Å². The van der Waals surface area contributed by atoms with Crippen molar-refractivity contribution in [1.82, 2.24) is 4.90 Å². The number of nitrogens with zero attached hydrogens (tertiary/aromatic N) is 1. The first-order valence-electron chi connectivity index (χ1n) is 6.94. The molecule has 0 bridgehead atoms. The Kier molecular flexibility index (Phi) is 4.37. The molecule has 0 saturated carbocycles. The van der Waals surface area contributed by atoms with E-state index in [0.717, 1.165) is 12.8 Å². The standard InChI is InChI=1S/C15H19FN2O2/c1-3-12(4-2)18-14(19)9-13(15(18)20)17-11-7-5-6-10(16)8-11/h5-8,12-13,17H,3-4,9H2,1-2H3. The molecule has 1 N–H and O–H groups in total. The number of amides is 2. The van der Waals surface area contributed by atoms with Crippen molar-refractivity contribution in [1.29, 1.82) is 0 Å². The molecule has 0 aromatic heterocycles. The molecule has 1 fully saturated rings. The van der Waals surface area contributed by atoms with Crippen LogP contribution in [-0.2, 0) is 9.59 Å². The molecule has 0 spiro atoms. The van der Waals surface area contributed by atoms with Crippen molar-refractivity contribution in [2.24, 2.45) is 0 Å². The second-order valence-corrected chi connectivity index (χ2v) is 4.98. The maximum Gasteiger partial charge on any atom is 0.252 e. The van der Waals surface area contributed by atoms with Gasteiger partial charge in [0.25, 0.3) is 5.91 Å². The highest BCUT2D eigenvalue weighted by atomic mass is 19.1. The molecule has 20 heavy (non-hydrogen) atoms. The summed E-state index contributed by atoms with van der Waals surface area (Å²) >= 11 is 0. The minimum absolute atomic E-state index is 0.0469. The lowest BCUT2D eigenvalue weighted by molar-refractivity contribution is -0.141. The Balaban J connectivity index is 2.12. The molecule has 1 aliphatic heterocycles. The van der Waals surface area contributed by atoms with Crippen LogP contribution in [0.4, 0.5) is 10.1 Å². The lowest BCUT2D eigenvalue weighted by atomic mass is 10.1. The summed E-state index contributed by atoms with van der Waals surface area (Å²) in [7, 11) is 0. The maximum absolute atomic E-state index is 13.1. The van der Waals surface area contributed by atoms with Gasteiger partial charge in [-0.1, -0.05) is 19.9 Å². The molecule has 1 aromatic carbocycles. The summed E-state index contributed by atoms with van der Waals surface area (Å²) in [6, 6.07) is 5.26. The lowest BCUT2D eigenvalue weighted by Crippen LogP contribution is -2.41. The van der Waals surface area contributed by atoms with Crippen molar-refractivity contribution in [2.75, 3.05) is 5.32 Å². The van der Waals surface area contributed by atoms with Gasteiger partial charge in [0.2, 0.25) is 5.91 Å². The molecule has 2 amide bonds. The van der Waals surface area contributed by atoms with Crippen LogP contribution in [0.2, 0.25) is 0 Å². The molecular weight excluding hydrogens is 259 g/mol. The number of likely N-dealkylation sites (tertiary alicyclic amines) is 1. The first kappa shape index (κ1) is 14.5.